The average Bonchev–Trinajstić information content (AvgIpc) is 2.84. The first-order valence-corrected chi connectivity index (χ1v) is 7.95. The molecule has 0 spiro atoms. The van der Waals surface area contributed by atoms with Crippen LogP contribution in [0.25, 0.3) is 0 Å². The summed E-state index contributed by atoms with van der Waals surface area (Å²) in [7, 11) is 0. The molecule has 0 radical (unpaired) electrons. The first kappa shape index (κ1) is 17.9. The third kappa shape index (κ3) is 3.90. The van der Waals surface area contributed by atoms with E-state index in [4.69, 9.17) is 9.47 Å². The topological polar surface area (TPSA) is 90.0 Å². The Bertz CT molecular complexity index is 545. The SMILES string of the molecule is C=CC(=O)OCC(CN1C(=O)C2CCCCC2C1=O)OC(=O)C=C. The van der Waals surface area contributed by atoms with Crippen LogP contribution in [-0.4, -0.2) is 47.9 Å². The fourth-order valence-corrected chi connectivity index (χ4v) is 3.18. The fraction of sp³-hybridized carbons (Fsp3) is 0.529. The maximum atomic E-state index is 12.5. The lowest BCUT2D eigenvalue weighted by atomic mass is 9.81. The van der Waals surface area contributed by atoms with Crippen LogP contribution in [0.15, 0.2) is 25.3 Å². The highest BCUT2D eigenvalue weighted by Gasteiger charge is 2.48. The number of likely N-dealkylation sites (tertiary alicyclic amines) is 1. The van der Waals surface area contributed by atoms with E-state index in [1.165, 1.54) is 0 Å². The summed E-state index contributed by atoms with van der Waals surface area (Å²) < 4.78 is 9.97. The van der Waals surface area contributed by atoms with E-state index < -0.39 is 18.0 Å². The highest BCUT2D eigenvalue weighted by atomic mass is 16.6. The van der Waals surface area contributed by atoms with E-state index in [0.717, 1.165) is 29.9 Å². The van der Waals surface area contributed by atoms with Gasteiger partial charge in [-0.15, -0.1) is 0 Å². The summed E-state index contributed by atoms with van der Waals surface area (Å²) in [5.41, 5.74) is 0. The van der Waals surface area contributed by atoms with Gasteiger partial charge in [-0.25, -0.2) is 9.59 Å². The van der Waals surface area contributed by atoms with Gasteiger partial charge >= 0.3 is 11.9 Å². The van der Waals surface area contributed by atoms with Crippen molar-refractivity contribution in [1.82, 2.24) is 4.90 Å². The molecule has 0 bridgehead atoms. The van der Waals surface area contributed by atoms with Crippen LogP contribution in [0.3, 0.4) is 0 Å². The predicted molar refractivity (Wildman–Crippen MR) is 83.4 cm³/mol. The molecule has 0 aromatic carbocycles. The maximum Gasteiger partial charge on any atom is 0.330 e. The number of ether oxygens (including phenoxy) is 2. The molecular formula is C17H21NO6. The molecule has 2 fully saturated rings. The van der Waals surface area contributed by atoms with Crippen molar-refractivity contribution in [3.63, 3.8) is 0 Å². The van der Waals surface area contributed by atoms with Crippen molar-refractivity contribution in [3.8, 4) is 0 Å². The second-order valence-corrected chi connectivity index (χ2v) is 5.88. The summed E-state index contributed by atoms with van der Waals surface area (Å²) in [6, 6.07) is 0. The van der Waals surface area contributed by atoms with E-state index in [0.29, 0.717) is 12.8 Å². The number of nitrogens with zero attached hydrogens (tertiary/aromatic N) is 1. The molecule has 1 heterocycles. The molecule has 2 aliphatic rings. The van der Waals surface area contributed by atoms with Crippen molar-refractivity contribution in [2.75, 3.05) is 13.2 Å². The summed E-state index contributed by atoms with van der Waals surface area (Å²) in [5.74, 6) is -2.43. The molecule has 1 aliphatic heterocycles. The van der Waals surface area contributed by atoms with Crippen LogP contribution < -0.4 is 0 Å². The molecule has 0 aromatic heterocycles. The van der Waals surface area contributed by atoms with Gasteiger partial charge in [-0.05, 0) is 12.8 Å². The lowest BCUT2D eigenvalue weighted by Gasteiger charge is -2.22. The van der Waals surface area contributed by atoms with Crippen LogP contribution in [-0.2, 0) is 28.7 Å². The van der Waals surface area contributed by atoms with Gasteiger partial charge in [0.05, 0.1) is 18.4 Å². The first-order valence-electron chi connectivity index (χ1n) is 7.95. The van der Waals surface area contributed by atoms with Gasteiger partial charge in [-0.3, -0.25) is 14.5 Å². The zero-order valence-corrected chi connectivity index (χ0v) is 13.4. The minimum atomic E-state index is -0.938. The summed E-state index contributed by atoms with van der Waals surface area (Å²) in [6.07, 6.45) is 4.28. The van der Waals surface area contributed by atoms with Gasteiger partial charge in [-0.1, -0.05) is 26.0 Å². The summed E-state index contributed by atoms with van der Waals surface area (Å²) >= 11 is 0. The zero-order valence-electron chi connectivity index (χ0n) is 13.4. The minimum absolute atomic E-state index is 0.130. The fourth-order valence-electron chi connectivity index (χ4n) is 3.18. The maximum absolute atomic E-state index is 12.5. The van der Waals surface area contributed by atoms with Crippen molar-refractivity contribution < 1.29 is 28.7 Å². The summed E-state index contributed by atoms with van der Waals surface area (Å²) in [4.78, 5) is 48.7. The quantitative estimate of drug-likeness (QED) is 0.391. The van der Waals surface area contributed by atoms with Gasteiger partial charge in [-0.2, -0.15) is 0 Å². The van der Waals surface area contributed by atoms with Crippen LogP contribution >= 0.6 is 0 Å². The number of imide groups is 1. The molecule has 1 aliphatic carbocycles. The normalized spacial score (nSPS) is 24.1. The third-order valence-corrected chi connectivity index (χ3v) is 4.35. The van der Waals surface area contributed by atoms with E-state index in [1.807, 2.05) is 0 Å². The van der Waals surface area contributed by atoms with Gasteiger partial charge in [0, 0.05) is 12.2 Å². The van der Waals surface area contributed by atoms with Crippen LogP contribution in [0, 0.1) is 11.8 Å². The van der Waals surface area contributed by atoms with E-state index >= 15 is 0 Å². The third-order valence-electron chi connectivity index (χ3n) is 4.35. The molecule has 3 unspecified atom stereocenters. The standard InChI is InChI=1S/C17H21NO6/c1-3-14(19)23-10-11(24-15(20)4-2)9-18-16(21)12-7-5-6-8-13(12)17(18)22/h3-4,11-13H,1-2,5-10H2. The molecule has 0 N–H and O–H groups in total. The zero-order chi connectivity index (χ0) is 17.7. The minimum Gasteiger partial charge on any atom is -0.459 e. The molecule has 7 heteroatoms. The summed E-state index contributed by atoms with van der Waals surface area (Å²) in [5, 5.41) is 0. The highest BCUT2D eigenvalue weighted by molar-refractivity contribution is 6.05. The Hall–Kier alpha value is -2.44. The number of hydrogen-bond donors (Lipinski definition) is 0. The Kier molecular flexibility index (Phi) is 5.89. The largest absolute Gasteiger partial charge is 0.459 e. The number of esters is 2. The molecule has 0 aromatic rings. The Morgan fingerprint density at radius 1 is 1.08 bits per heavy atom. The Morgan fingerprint density at radius 3 is 2.12 bits per heavy atom. The Morgan fingerprint density at radius 2 is 1.62 bits per heavy atom. The average molecular weight is 335 g/mol. The van der Waals surface area contributed by atoms with Crippen LogP contribution in [0.2, 0.25) is 0 Å². The first-order chi connectivity index (χ1) is 11.5. The van der Waals surface area contributed by atoms with Crippen LogP contribution in [0.4, 0.5) is 0 Å². The molecule has 7 nitrogen and oxygen atoms in total. The lowest BCUT2D eigenvalue weighted by Crippen LogP contribution is -2.41. The van der Waals surface area contributed by atoms with Gasteiger partial charge in [0.2, 0.25) is 11.8 Å². The smallest absolute Gasteiger partial charge is 0.330 e. The van der Waals surface area contributed by atoms with Crippen molar-refractivity contribution in [2.24, 2.45) is 11.8 Å². The second kappa shape index (κ2) is 7.90. The molecule has 2 amide bonds. The van der Waals surface area contributed by atoms with Gasteiger partial charge in [0.1, 0.15) is 6.61 Å². The van der Waals surface area contributed by atoms with Gasteiger partial charge in [0.25, 0.3) is 0 Å². The monoisotopic (exact) mass is 335 g/mol. The van der Waals surface area contributed by atoms with E-state index in [1.54, 1.807) is 0 Å². The molecule has 2 rings (SSSR count). The second-order valence-electron chi connectivity index (χ2n) is 5.88. The number of amides is 2. The summed E-state index contributed by atoms with van der Waals surface area (Å²) in [6.45, 7) is 6.18. The molecule has 3 atom stereocenters. The molecule has 1 saturated carbocycles. The lowest BCUT2D eigenvalue weighted by molar-refractivity contribution is -0.157. The van der Waals surface area contributed by atoms with E-state index in [9.17, 15) is 19.2 Å². The van der Waals surface area contributed by atoms with Gasteiger partial charge in [0.15, 0.2) is 6.10 Å². The molecule has 130 valence electrons. The number of carbonyl (C=O) groups excluding carboxylic acids is 4. The Balaban J connectivity index is 2.06. The van der Waals surface area contributed by atoms with Crippen LogP contribution in [0.1, 0.15) is 25.7 Å². The Labute approximate surface area is 140 Å². The number of rotatable bonds is 7. The number of carbonyl (C=O) groups is 4. The van der Waals surface area contributed by atoms with E-state index in [2.05, 4.69) is 13.2 Å². The van der Waals surface area contributed by atoms with Crippen molar-refractivity contribution in [1.29, 1.82) is 0 Å². The van der Waals surface area contributed by atoms with E-state index in [-0.39, 0.29) is 36.8 Å². The predicted octanol–water partition coefficient (Wildman–Crippen LogP) is 0.989. The number of hydrogen-bond acceptors (Lipinski definition) is 6. The van der Waals surface area contributed by atoms with Gasteiger partial charge < -0.3 is 9.47 Å². The van der Waals surface area contributed by atoms with Crippen molar-refractivity contribution in [2.45, 2.75) is 31.8 Å². The number of fused-ring (bicyclic) bond motifs is 1. The molecule has 24 heavy (non-hydrogen) atoms. The molecular weight excluding hydrogens is 314 g/mol. The highest BCUT2D eigenvalue weighted by Crippen LogP contribution is 2.38. The van der Waals surface area contributed by atoms with Crippen molar-refractivity contribution >= 4 is 23.8 Å². The molecule has 1 saturated heterocycles. The van der Waals surface area contributed by atoms with Crippen LogP contribution in [0.5, 0.6) is 0 Å². The van der Waals surface area contributed by atoms with Crippen molar-refractivity contribution in [3.05, 3.63) is 25.3 Å².